The molecule has 3 aromatic rings. The number of carbonyl (C=O) groups is 2. The van der Waals surface area contributed by atoms with Gasteiger partial charge in [-0.3, -0.25) is 9.59 Å². The van der Waals surface area contributed by atoms with Gasteiger partial charge in [-0.2, -0.15) is 0 Å². The summed E-state index contributed by atoms with van der Waals surface area (Å²) in [5.41, 5.74) is 1.82. The van der Waals surface area contributed by atoms with Crippen molar-refractivity contribution in [3.8, 4) is 0 Å². The van der Waals surface area contributed by atoms with E-state index in [1.165, 1.54) is 30.5 Å². The molecule has 1 heterocycles. The third kappa shape index (κ3) is 4.86. The minimum absolute atomic E-state index is 0.163. The molecule has 0 atom stereocenters. The van der Waals surface area contributed by atoms with Gasteiger partial charge in [-0.25, -0.2) is 8.42 Å². The Morgan fingerprint density at radius 2 is 1.61 bits per heavy atom. The van der Waals surface area contributed by atoms with Crippen LogP contribution in [0.15, 0.2) is 76.2 Å². The molecule has 0 fully saturated rings. The third-order valence-electron chi connectivity index (χ3n) is 3.95. The van der Waals surface area contributed by atoms with Crippen molar-refractivity contribution in [2.24, 2.45) is 0 Å². The molecule has 7 nitrogen and oxygen atoms in total. The Bertz CT molecular complexity index is 1070. The van der Waals surface area contributed by atoms with Gasteiger partial charge in [-0.1, -0.05) is 12.1 Å². The molecule has 2 aromatic carbocycles. The van der Waals surface area contributed by atoms with Gasteiger partial charge in [0.25, 0.3) is 11.8 Å². The molecule has 0 bridgehead atoms. The first kappa shape index (κ1) is 19.4. The Kier molecular flexibility index (Phi) is 5.60. The van der Waals surface area contributed by atoms with Crippen LogP contribution in [0.2, 0.25) is 0 Å². The molecule has 0 aliphatic heterocycles. The zero-order chi connectivity index (χ0) is 20.1. The van der Waals surface area contributed by atoms with Crippen molar-refractivity contribution in [3.63, 3.8) is 0 Å². The van der Waals surface area contributed by atoms with E-state index >= 15 is 0 Å². The average molecular weight is 398 g/mol. The van der Waals surface area contributed by atoms with Gasteiger partial charge in [0.1, 0.15) is 0 Å². The first-order valence-corrected chi connectivity index (χ1v) is 10.2. The fourth-order valence-electron chi connectivity index (χ4n) is 2.44. The van der Waals surface area contributed by atoms with Crippen LogP contribution in [-0.4, -0.2) is 26.5 Å². The molecule has 3 rings (SSSR count). The van der Waals surface area contributed by atoms with Crippen molar-refractivity contribution >= 4 is 27.3 Å². The standard InChI is InChI=1S/C20H18N2O5S/c1-28(25,26)17-10-6-15(7-11-17)19(23)21-13-14-4-8-16(9-5-14)22-20(24)18-3-2-12-27-18/h2-12H,13H2,1H3,(H,21,23)(H,22,24). The number of benzene rings is 2. The van der Waals surface area contributed by atoms with E-state index in [4.69, 9.17) is 4.42 Å². The summed E-state index contributed by atoms with van der Waals surface area (Å²) in [7, 11) is -3.30. The van der Waals surface area contributed by atoms with Crippen LogP contribution in [0.1, 0.15) is 26.5 Å². The highest BCUT2D eigenvalue weighted by atomic mass is 32.2. The second-order valence-electron chi connectivity index (χ2n) is 6.11. The molecular weight excluding hydrogens is 380 g/mol. The largest absolute Gasteiger partial charge is 0.459 e. The number of rotatable bonds is 6. The van der Waals surface area contributed by atoms with Crippen LogP contribution in [0.25, 0.3) is 0 Å². The number of hydrogen-bond acceptors (Lipinski definition) is 5. The van der Waals surface area contributed by atoms with Crippen LogP contribution in [0.5, 0.6) is 0 Å². The second-order valence-corrected chi connectivity index (χ2v) is 8.12. The molecule has 28 heavy (non-hydrogen) atoms. The second kappa shape index (κ2) is 8.10. The molecule has 1 aromatic heterocycles. The predicted molar refractivity (Wildman–Crippen MR) is 104 cm³/mol. The van der Waals surface area contributed by atoms with Crippen molar-refractivity contribution in [3.05, 3.63) is 83.8 Å². The van der Waals surface area contributed by atoms with Crippen LogP contribution in [-0.2, 0) is 16.4 Å². The lowest BCUT2D eigenvalue weighted by Crippen LogP contribution is -2.22. The van der Waals surface area contributed by atoms with Crippen molar-refractivity contribution in [2.45, 2.75) is 11.4 Å². The third-order valence-corrected chi connectivity index (χ3v) is 5.08. The van der Waals surface area contributed by atoms with Crippen LogP contribution in [0.3, 0.4) is 0 Å². The van der Waals surface area contributed by atoms with E-state index in [0.717, 1.165) is 11.8 Å². The molecule has 144 valence electrons. The zero-order valence-electron chi connectivity index (χ0n) is 15.0. The van der Waals surface area contributed by atoms with Gasteiger partial charge in [-0.05, 0) is 54.1 Å². The van der Waals surface area contributed by atoms with E-state index in [1.807, 2.05) is 0 Å². The van der Waals surface area contributed by atoms with Gasteiger partial charge in [0, 0.05) is 24.1 Å². The number of anilines is 1. The summed E-state index contributed by atoms with van der Waals surface area (Å²) < 4.78 is 27.9. The van der Waals surface area contributed by atoms with Crippen LogP contribution < -0.4 is 10.6 Å². The maximum Gasteiger partial charge on any atom is 0.291 e. The topological polar surface area (TPSA) is 105 Å². The molecule has 0 unspecified atom stereocenters. The van der Waals surface area contributed by atoms with E-state index in [0.29, 0.717) is 17.8 Å². The molecule has 2 N–H and O–H groups in total. The number of nitrogens with one attached hydrogen (secondary N) is 2. The van der Waals surface area contributed by atoms with E-state index in [1.54, 1.807) is 36.4 Å². The molecular formula is C20H18N2O5S. The highest BCUT2D eigenvalue weighted by Crippen LogP contribution is 2.13. The molecule has 8 heteroatoms. The molecule has 2 amide bonds. The maximum absolute atomic E-state index is 12.2. The summed E-state index contributed by atoms with van der Waals surface area (Å²) in [5, 5.41) is 5.48. The van der Waals surface area contributed by atoms with E-state index in [2.05, 4.69) is 10.6 Å². The van der Waals surface area contributed by atoms with E-state index < -0.39 is 9.84 Å². The summed E-state index contributed by atoms with van der Waals surface area (Å²) in [6, 6.07) is 16.0. The first-order chi connectivity index (χ1) is 13.3. The normalized spacial score (nSPS) is 11.0. The van der Waals surface area contributed by atoms with Crippen LogP contribution in [0.4, 0.5) is 5.69 Å². The van der Waals surface area contributed by atoms with Gasteiger partial charge < -0.3 is 15.1 Å². The number of sulfone groups is 1. The Labute approximate surface area is 162 Å². The SMILES string of the molecule is CS(=O)(=O)c1ccc(C(=O)NCc2ccc(NC(=O)c3ccco3)cc2)cc1. The van der Waals surface area contributed by atoms with Crippen LogP contribution >= 0.6 is 0 Å². The molecule has 0 spiro atoms. The van der Waals surface area contributed by atoms with Crippen molar-refractivity contribution in [1.29, 1.82) is 0 Å². The molecule has 0 saturated heterocycles. The van der Waals surface area contributed by atoms with Gasteiger partial charge >= 0.3 is 0 Å². The molecule has 0 aliphatic rings. The Hall–Kier alpha value is -3.39. The maximum atomic E-state index is 12.2. The monoisotopic (exact) mass is 398 g/mol. The quantitative estimate of drug-likeness (QED) is 0.664. The van der Waals surface area contributed by atoms with Crippen molar-refractivity contribution in [1.82, 2.24) is 5.32 Å². The number of furan rings is 1. The number of hydrogen-bond donors (Lipinski definition) is 2. The Balaban J connectivity index is 1.55. The lowest BCUT2D eigenvalue weighted by Gasteiger charge is -2.08. The molecule has 0 radical (unpaired) electrons. The fraction of sp³-hybridized carbons (Fsp3) is 0.100. The summed E-state index contributed by atoms with van der Waals surface area (Å²) in [5.74, 6) is -0.433. The minimum atomic E-state index is -3.30. The number of carbonyl (C=O) groups excluding carboxylic acids is 2. The van der Waals surface area contributed by atoms with Crippen molar-refractivity contribution < 1.29 is 22.4 Å². The minimum Gasteiger partial charge on any atom is -0.459 e. The first-order valence-electron chi connectivity index (χ1n) is 8.35. The number of amides is 2. The highest BCUT2D eigenvalue weighted by molar-refractivity contribution is 7.90. The Morgan fingerprint density at radius 3 is 2.18 bits per heavy atom. The summed E-state index contributed by atoms with van der Waals surface area (Å²) in [6.45, 7) is 0.291. The summed E-state index contributed by atoms with van der Waals surface area (Å²) in [6.07, 6.45) is 2.54. The summed E-state index contributed by atoms with van der Waals surface area (Å²) in [4.78, 5) is 24.3. The lowest BCUT2D eigenvalue weighted by molar-refractivity contribution is 0.0949. The Morgan fingerprint density at radius 1 is 0.929 bits per heavy atom. The smallest absolute Gasteiger partial charge is 0.291 e. The van der Waals surface area contributed by atoms with Crippen molar-refractivity contribution in [2.75, 3.05) is 11.6 Å². The van der Waals surface area contributed by atoms with Gasteiger partial charge in [0.2, 0.25) is 0 Å². The molecule has 0 aliphatic carbocycles. The summed E-state index contributed by atoms with van der Waals surface area (Å²) >= 11 is 0. The highest BCUT2D eigenvalue weighted by Gasteiger charge is 2.11. The van der Waals surface area contributed by atoms with Gasteiger partial charge in [0.15, 0.2) is 15.6 Å². The van der Waals surface area contributed by atoms with E-state index in [9.17, 15) is 18.0 Å². The average Bonchev–Trinajstić information content (AvgIpc) is 3.21. The zero-order valence-corrected chi connectivity index (χ0v) is 15.8. The predicted octanol–water partition coefficient (Wildman–Crippen LogP) is 2.87. The lowest BCUT2D eigenvalue weighted by atomic mass is 10.2. The van der Waals surface area contributed by atoms with Gasteiger partial charge in [0.05, 0.1) is 11.2 Å². The fourth-order valence-corrected chi connectivity index (χ4v) is 3.07. The van der Waals surface area contributed by atoms with Crippen LogP contribution in [0, 0.1) is 0 Å². The van der Waals surface area contributed by atoms with E-state index in [-0.39, 0.29) is 22.5 Å². The van der Waals surface area contributed by atoms with Gasteiger partial charge in [-0.15, -0.1) is 0 Å². The molecule has 0 saturated carbocycles.